The molecule has 3 rings (SSSR count). The molecule has 6 nitrogen and oxygen atoms in total. The molecule has 2 aromatic rings. The van der Waals surface area contributed by atoms with Crippen LogP contribution in [0.1, 0.15) is 18.4 Å². The van der Waals surface area contributed by atoms with Gasteiger partial charge in [-0.05, 0) is 38.0 Å². The molecular weight excluding hydrogens is 323 g/mol. The van der Waals surface area contributed by atoms with Crippen molar-refractivity contribution in [1.29, 1.82) is 0 Å². The molecule has 0 radical (unpaired) electrons. The fraction of sp³-hybridized carbons (Fsp3) is 0.333. The van der Waals surface area contributed by atoms with Gasteiger partial charge in [-0.1, -0.05) is 0 Å². The fourth-order valence-corrected chi connectivity index (χ4v) is 3.81. The molecule has 1 heterocycles. The number of aromatic nitrogens is 2. The van der Waals surface area contributed by atoms with Gasteiger partial charge in [0.15, 0.2) is 21.4 Å². The molecule has 23 heavy (non-hydrogen) atoms. The number of halogens is 1. The number of ether oxygens (including phenoxy) is 2. The topological polar surface area (TPSA) is 78.4 Å². The molecule has 0 amide bonds. The molecule has 1 aromatic carbocycles. The van der Waals surface area contributed by atoms with Crippen molar-refractivity contribution in [2.24, 2.45) is 0 Å². The summed E-state index contributed by atoms with van der Waals surface area (Å²) in [5.74, 6) is -0.399. The molecule has 0 spiro atoms. The lowest BCUT2D eigenvalue weighted by molar-refractivity contribution is 0.378. The highest BCUT2D eigenvalue weighted by Crippen LogP contribution is 2.35. The summed E-state index contributed by atoms with van der Waals surface area (Å²) in [5, 5.41) is -0.387. The first-order valence-electron chi connectivity index (χ1n) is 7.00. The van der Waals surface area contributed by atoms with Crippen LogP contribution in [-0.4, -0.2) is 30.7 Å². The lowest BCUT2D eigenvalue weighted by atomic mass is 10.3. The largest absolute Gasteiger partial charge is 0.481 e. The number of sulfone groups is 1. The standard InChI is InChI=1S/C15H15FN2O4S/c1-9-14(21-2)17-8-18-15(9)22-13-6-5-11(7-12(13)16)23(19,20)10-3-4-10/h5-8,10H,3-4H2,1-2H3. The highest BCUT2D eigenvalue weighted by atomic mass is 32.2. The minimum atomic E-state index is -3.44. The number of methoxy groups -OCH3 is 1. The van der Waals surface area contributed by atoms with Gasteiger partial charge in [-0.15, -0.1) is 0 Å². The van der Waals surface area contributed by atoms with Gasteiger partial charge < -0.3 is 9.47 Å². The third kappa shape index (κ3) is 2.98. The lowest BCUT2D eigenvalue weighted by Gasteiger charge is -2.11. The number of hydrogen-bond donors (Lipinski definition) is 0. The molecule has 1 fully saturated rings. The highest BCUT2D eigenvalue weighted by molar-refractivity contribution is 7.92. The molecule has 1 aromatic heterocycles. The first kappa shape index (κ1) is 15.7. The van der Waals surface area contributed by atoms with Crippen LogP contribution >= 0.6 is 0 Å². The van der Waals surface area contributed by atoms with Crippen LogP contribution in [0.25, 0.3) is 0 Å². The van der Waals surface area contributed by atoms with Gasteiger partial charge in [0.2, 0.25) is 11.8 Å². The van der Waals surface area contributed by atoms with Crippen molar-refractivity contribution < 1.29 is 22.3 Å². The number of rotatable bonds is 5. The van der Waals surface area contributed by atoms with Crippen molar-refractivity contribution >= 4 is 9.84 Å². The minimum absolute atomic E-state index is 0.0261. The van der Waals surface area contributed by atoms with E-state index in [0.29, 0.717) is 24.3 Å². The van der Waals surface area contributed by atoms with E-state index in [-0.39, 0.29) is 21.8 Å². The Morgan fingerprint density at radius 2 is 1.91 bits per heavy atom. The summed E-state index contributed by atoms with van der Waals surface area (Å²) in [6.45, 7) is 1.68. The molecule has 1 aliphatic rings. The Morgan fingerprint density at radius 3 is 2.52 bits per heavy atom. The molecule has 0 aliphatic heterocycles. The average molecular weight is 338 g/mol. The summed E-state index contributed by atoms with van der Waals surface area (Å²) in [4.78, 5) is 7.82. The third-order valence-electron chi connectivity index (χ3n) is 3.59. The Bertz CT molecular complexity index is 851. The van der Waals surface area contributed by atoms with Gasteiger partial charge in [0, 0.05) is 0 Å². The molecule has 0 atom stereocenters. The van der Waals surface area contributed by atoms with E-state index in [1.54, 1.807) is 6.92 Å². The van der Waals surface area contributed by atoms with Crippen LogP contribution in [0.2, 0.25) is 0 Å². The van der Waals surface area contributed by atoms with Crippen molar-refractivity contribution in [2.75, 3.05) is 7.11 Å². The van der Waals surface area contributed by atoms with E-state index in [0.717, 1.165) is 6.07 Å². The van der Waals surface area contributed by atoms with E-state index in [2.05, 4.69) is 9.97 Å². The first-order chi connectivity index (χ1) is 10.9. The highest BCUT2D eigenvalue weighted by Gasteiger charge is 2.37. The molecule has 1 aliphatic carbocycles. The van der Waals surface area contributed by atoms with E-state index >= 15 is 0 Å². The molecule has 122 valence electrons. The van der Waals surface area contributed by atoms with Crippen LogP contribution in [0, 0.1) is 12.7 Å². The van der Waals surface area contributed by atoms with Crippen LogP contribution in [0.3, 0.4) is 0 Å². The predicted molar refractivity (Wildman–Crippen MR) is 80.0 cm³/mol. The van der Waals surface area contributed by atoms with E-state index in [9.17, 15) is 12.8 Å². The zero-order valence-electron chi connectivity index (χ0n) is 12.6. The van der Waals surface area contributed by atoms with Gasteiger partial charge in [-0.25, -0.2) is 22.8 Å². The van der Waals surface area contributed by atoms with Crippen molar-refractivity contribution in [1.82, 2.24) is 9.97 Å². The van der Waals surface area contributed by atoms with Gasteiger partial charge in [0.05, 0.1) is 22.8 Å². The molecule has 1 saturated carbocycles. The Balaban J connectivity index is 1.90. The minimum Gasteiger partial charge on any atom is -0.481 e. The molecule has 0 unspecified atom stereocenters. The van der Waals surface area contributed by atoms with Crippen molar-refractivity contribution in [3.63, 3.8) is 0 Å². The molecule has 0 N–H and O–H groups in total. The number of hydrogen-bond acceptors (Lipinski definition) is 6. The number of benzene rings is 1. The summed E-state index contributed by atoms with van der Waals surface area (Å²) in [6, 6.07) is 3.62. The second kappa shape index (κ2) is 5.77. The summed E-state index contributed by atoms with van der Waals surface area (Å²) in [5.41, 5.74) is 0.518. The quantitative estimate of drug-likeness (QED) is 0.834. The van der Waals surface area contributed by atoms with E-state index in [4.69, 9.17) is 9.47 Å². The monoisotopic (exact) mass is 338 g/mol. The zero-order chi connectivity index (χ0) is 16.6. The summed E-state index contributed by atoms with van der Waals surface area (Å²) in [6.07, 6.45) is 2.50. The van der Waals surface area contributed by atoms with E-state index in [1.165, 1.54) is 25.6 Å². The second-order valence-corrected chi connectivity index (χ2v) is 7.48. The van der Waals surface area contributed by atoms with Crippen LogP contribution in [0.15, 0.2) is 29.4 Å². The number of nitrogens with zero attached hydrogens (tertiary/aromatic N) is 2. The van der Waals surface area contributed by atoms with Gasteiger partial charge >= 0.3 is 0 Å². The summed E-state index contributed by atoms with van der Waals surface area (Å²) in [7, 11) is -1.98. The molecule has 0 bridgehead atoms. The Hall–Kier alpha value is -2.22. The van der Waals surface area contributed by atoms with Gasteiger partial charge in [0.25, 0.3) is 0 Å². The van der Waals surface area contributed by atoms with Gasteiger partial charge in [0.1, 0.15) is 6.33 Å². The Labute approximate surface area is 133 Å². The molecule has 0 saturated heterocycles. The van der Waals surface area contributed by atoms with Crippen LogP contribution < -0.4 is 9.47 Å². The predicted octanol–water partition coefficient (Wildman–Crippen LogP) is 2.66. The summed E-state index contributed by atoms with van der Waals surface area (Å²) < 4.78 is 48.9. The normalized spacial score (nSPS) is 14.6. The SMILES string of the molecule is COc1ncnc(Oc2ccc(S(=O)(=O)C3CC3)cc2F)c1C. The maximum atomic E-state index is 14.2. The van der Waals surface area contributed by atoms with Gasteiger partial charge in [-0.3, -0.25) is 0 Å². The van der Waals surface area contributed by atoms with E-state index < -0.39 is 15.7 Å². The van der Waals surface area contributed by atoms with Crippen molar-refractivity contribution in [3.05, 3.63) is 35.9 Å². The maximum absolute atomic E-state index is 14.2. The zero-order valence-corrected chi connectivity index (χ0v) is 13.4. The Morgan fingerprint density at radius 1 is 1.22 bits per heavy atom. The van der Waals surface area contributed by atoms with Crippen LogP contribution in [0.5, 0.6) is 17.5 Å². The van der Waals surface area contributed by atoms with Crippen LogP contribution in [-0.2, 0) is 9.84 Å². The van der Waals surface area contributed by atoms with Crippen LogP contribution in [0.4, 0.5) is 4.39 Å². The van der Waals surface area contributed by atoms with Gasteiger partial charge in [-0.2, -0.15) is 0 Å². The Kier molecular flexibility index (Phi) is 3.93. The molecule has 8 heteroatoms. The average Bonchev–Trinajstić information content (AvgIpc) is 3.36. The molecular formula is C15H15FN2O4S. The van der Waals surface area contributed by atoms with Crippen molar-refractivity contribution in [3.8, 4) is 17.5 Å². The summed E-state index contributed by atoms with van der Waals surface area (Å²) >= 11 is 0. The van der Waals surface area contributed by atoms with E-state index in [1.807, 2.05) is 0 Å². The smallest absolute Gasteiger partial charge is 0.229 e. The maximum Gasteiger partial charge on any atom is 0.229 e. The fourth-order valence-electron chi connectivity index (χ4n) is 2.14. The first-order valence-corrected chi connectivity index (χ1v) is 8.55. The third-order valence-corrected chi connectivity index (χ3v) is 5.85. The second-order valence-electron chi connectivity index (χ2n) is 5.25. The lowest BCUT2D eigenvalue weighted by Crippen LogP contribution is -2.07. The van der Waals surface area contributed by atoms with Crippen molar-refractivity contribution in [2.45, 2.75) is 29.9 Å².